The number of benzene rings is 1. The number of hydrogen-bond donors (Lipinski definition) is 0. The summed E-state index contributed by atoms with van der Waals surface area (Å²) in [7, 11) is 0. The van der Waals surface area contributed by atoms with Gasteiger partial charge in [0.2, 0.25) is 5.91 Å². The summed E-state index contributed by atoms with van der Waals surface area (Å²) in [5.74, 6) is -0.195. The van der Waals surface area contributed by atoms with E-state index in [1.54, 1.807) is 16.2 Å². The number of carbonyl (C=O) groups is 2. The summed E-state index contributed by atoms with van der Waals surface area (Å²) >= 11 is 1.67. The molecule has 9 nitrogen and oxygen atoms in total. The lowest BCUT2D eigenvalue weighted by atomic mass is 10.2. The maximum atomic E-state index is 12.8. The van der Waals surface area contributed by atoms with Crippen LogP contribution >= 0.6 is 11.3 Å². The monoisotopic (exact) mass is 416 g/mol. The zero-order chi connectivity index (χ0) is 20.4. The minimum Gasteiger partial charge on any atom is -0.482 e. The lowest BCUT2D eigenvalue weighted by Crippen LogP contribution is -2.52. The molecule has 2 aliphatic heterocycles. The molecule has 4 rings (SSSR count). The molecule has 29 heavy (non-hydrogen) atoms. The predicted molar refractivity (Wildman–Crippen MR) is 107 cm³/mol. The first-order valence-corrected chi connectivity index (χ1v) is 10.2. The minimum atomic E-state index is -0.536. The van der Waals surface area contributed by atoms with Gasteiger partial charge in [-0.3, -0.25) is 29.5 Å². The number of anilines is 1. The van der Waals surface area contributed by atoms with E-state index >= 15 is 0 Å². The molecule has 2 amide bonds. The molecule has 0 aliphatic carbocycles. The number of amides is 2. The number of nitrogens with zero attached hydrogens (tertiary/aromatic N) is 4. The Morgan fingerprint density at radius 3 is 2.69 bits per heavy atom. The number of hydrogen-bond acceptors (Lipinski definition) is 7. The van der Waals surface area contributed by atoms with Crippen molar-refractivity contribution >= 4 is 34.5 Å². The van der Waals surface area contributed by atoms with Gasteiger partial charge >= 0.3 is 0 Å². The third kappa shape index (κ3) is 4.22. The van der Waals surface area contributed by atoms with Crippen molar-refractivity contribution in [3.63, 3.8) is 0 Å². The van der Waals surface area contributed by atoms with Crippen LogP contribution in [0.2, 0.25) is 0 Å². The van der Waals surface area contributed by atoms with Crippen LogP contribution in [0.3, 0.4) is 0 Å². The maximum Gasteiger partial charge on any atom is 0.271 e. The second-order valence-electron chi connectivity index (χ2n) is 6.97. The molecule has 0 radical (unpaired) electrons. The number of piperazine rings is 1. The van der Waals surface area contributed by atoms with Crippen molar-refractivity contribution in [3.05, 3.63) is 50.7 Å². The highest BCUT2D eigenvalue weighted by Crippen LogP contribution is 2.35. The first-order chi connectivity index (χ1) is 14.0. The molecule has 0 spiro atoms. The van der Waals surface area contributed by atoms with Gasteiger partial charge in [0.15, 0.2) is 6.61 Å². The van der Waals surface area contributed by atoms with E-state index in [0.29, 0.717) is 18.8 Å². The Morgan fingerprint density at radius 1 is 1.21 bits per heavy atom. The van der Waals surface area contributed by atoms with Gasteiger partial charge in [0.1, 0.15) is 12.3 Å². The number of rotatable bonds is 5. The molecule has 0 saturated carbocycles. The van der Waals surface area contributed by atoms with Gasteiger partial charge in [0, 0.05) is 44.9 Å². The highest BCUT2D eigenvalue weighted by atomic mass is 32.1. The van der Waals surface area contributed by atoms with E-state index in [0.717, 1.165) is 19.6 Å². The van der Waals surface area contributed by atoms with Crippen LogP contribution in [-0.4, -0.2) is 65.9 Å². The summed E-state index contributed by atoms with van der Waals surface area (Å²) in [6.07, 6.45) is 0. The molecule has 0 unspecified atom stereocenters. The molecule has 152 valence electrons. The molecule has 0 atom stereocenters. The summed E-state index contributed by atoms with van der Waals surface area (Å²) in [5.41, 5.74) is 1.38. The maximum absolute atomic E-state index is 12.8. The Hall–Kier alpha value is -2.98. The Bertz CT molecular complexity index is 925. The molecule has 1 aromatic heterocycles. The predicted octanol–water partition coefficient (Wildman–Crippen LogP) is 1.73. The third-order valence-corrected chi connectivity index (χ3v) is 5.83. The Kier molecular flexibility index (Phi) is 5.45. The molecule has 3 heterocycles. The average molecular weight is 416 g/mol. The van der Waals surface area contributed by atoms with E-state index in [1.807, 2.05) is 0 Å². The summed E-state index contributed by atoms with van der Waals surface area (Å²) in [5, 5.41) is 15.2. The molecule has 1 aromatic carbocycles. The van der Waals surface area contributed by atoms with E-state index < -0.39 is 4.92 Å². The Labute approximate surface area is 171 Å². The van der Waals surface area contributed by atoms with Crippen LogP contribution < -0.4 is 9.64 Å². The second-order valence-corrected chi connectivity index (χ2v) is 7.75. The van der Waals surface area contributed by atoms with Crippen LogP contribution in [0.1, 0.15) is 5.56 Å². The smallest absolute Gasteiger partial charge is 0.271 e. The highest BCUT2D eigenvalue weighted by Gasteiger charge is 2.31. The molecule has 2 aromatic rings. The number of fused-ring (bicyclic) bond motifs is 1. The van der Waals surface area contributed by atoms with Crippen LogP contribution in [0, 0.1) is 10.1 Å². The normalized spacial score (nSPS) is 17.0. The van der Waals surface area contributed by atoms with Crippen LogP contribution in [0.4, 0.5) is 11.4 Å². The molecule has 1 fully saturated rings. The SMILES string of the molecule is O=C(CN1C(=O)COc2ccc([N+](=O)[O-])cc21)N1CCN(Cc2ccsc2)CC1. The highest BCUT2D eigenvalue weighted by molar-refractivity contribution is 7.07. The van der Waals surface area contributed by atoms with Crippen molar-refractivity contribution in [1.82, 2.24) is 9.80 Å². The van der Waals surface area contributed by atoms with Crippen LogP contribution in [0.15, 0.2) is 35.0 Å². The van der Waals surface area contributed by atoms with E-state index in [2.05, 4.69) is 21.7 Å². The van der Waals surface area contributed by atoms with Crippen LogP contribution in [-0.2, 0) is 16.1 Å². The van der Waals surface area contributed by atoms with Gasteiger partial charge in [-0.25, -0.2) is 0 Å². The number of thiophene rings is 1. The lowest BCUT2D eigenvalue weighted by Gasteiger charge is -2.36. The molecule has 2 aliphatic rings. The van der Waals surface area contributed by atoms with Gasteiger partial charge < -0.3 is 9.64 Å². The van der Waals surface area contributed by atoms with Crippen molar-refractivity contribution in [2.24, 2.45) is 0 Å². The van der Waals surface area contributed by atoms with Crippen molar-refractivity contribution in [1.29, 1.82) is 0 Å². The number of non-ortho nitro benzene ring substituents is 1. The average Bonchev–Trinajstić information content (AvgIpc) is 3.23. The van der Waals surface area contributed by atoms with Gasteiger partial charge in [0.25, 0.3) is 11.6 Å². The number of carbonyl (C=O) groups excluding carboxylic acids is 2. The van der Waals surface area contributed by atoms with E-state index in [4.69, 9.17) is 4.74 Å². The number of nitro groups is 1. The van der Waals surface area contributed by atoms with Gasteiger partial charge in [-0.2, -0.15) is 11.3 Å². The van der Waals surface area contributed by atoms with Gasteiger partial charge in [-0.1, -0.05) is 0 Å². The minimum absolute atomic E-state index is 0.151. The molecule has 10 heteroatoms. The first-order valence-electron chi connectivity index (χ1n) is 9.24. The summed E-state index contributed by atoms with van der Waals surface area (Å²) < 4.78 is 5.35. The molecule has 1 saturated heterocycles. The fraction of sp³-hybridized carbons (Fsp3) is 0.368. The second kappa shape index (κ2) is 8.18. The van der Waals surface area contributed by atoms with E-state index in [1.165, 1.54) is 28.7 Å². The zero-order valence-corrected chi connectivity index (χ0v) is 16.5. The number of ether oxygens (including phenoxy) is 1. The van der Waals surface area contributed by atoms with Crippen molar-refractivity contribution in [2.75, 3.05) is 44.2 Å². The van der Waals surface area contributed by atoms with Crippen LogP contribution in [0.5, 0.6) is 5.75 Å². The molecule has 0 N–H and O–H groups in total. The largest absolute Gasteiger partial charge is 0.482 e. The zero-order valence-electron chi connectivity index (χ0n) is 15.7. The first kappa shape index (κ1) is 19.3. The fourth-order valence-electron chi connectivity index (χ4n) is 3.51. The lowest BCUT2D eigenvalue weighted by molar-refractivity contribution is -0.384. The summed E-state index contributed by atoms with van der Waals surface area (Å²) in [6.45, 7) is 3.23. The molecular weight excluding hydrogens is 396 g/mol. The van der Waals surface area contributed by atoms with Gasteiger partial charge in [0.05, 0.1) is 10.6 Å². The quantitative estimate of drug-likeness (QED) is 0.544. The summed E-state index contributed by atoms with van der Waals surface area (Å²) in [6, 6.07) is 6.16. The van der Waals surface area contributed by atoms with Crippen molar-refractivity contribution in [2.45, 2.75) is 6.54 Å². The van der Waals surface area contributed by atoms with Gasteiger partial charge in [-0.15, -0.1) is 0 Å². The molecular formula is C19H20N4O5S. The van der Waals surface area contributed by atoms with Gasteiger partial charge in [-0.05, 0) is 28.5 Å². The molecule has 0 bridgehead atoms. The Balaban J connectivity index is 1.40. The van der Waals surface area contributed by atoms with E-state index in [9.17, 15) is 19.7 Å². The third-order valence-electron chi connectivity index (χ3n) is 5.10. The van der Waals surface area contributed by atoms with Crippen LogP contribution in [0.25, 0.3) is 0 Å². The van der Waals surface area contributed by atoms with E-state index in [-0.39, 0.29) is 36.3 Å². The number of nitro benzene ring substituents is 1. The standard InChI is InChI=1S/C19H20N4O5S/c24-18(21-6-4-20(5-7-21)10-14-3-8-29-13-14)11-22-16-9-15(23(26)27)1-2-17(16)28-12-19(22)25/h1-3,8-9,13H,4-7,10-12H2. The van der Waals surface area contributed by atoms with Crippen molar-refractivity contribution in [3.8, 4) is 5.75 Å². The fourth-order valence-corrected chi connectivity index (χ4v) is 4.17. The summed E-state index contributed by atoms with van der Waals surface area (Å²) in [4.78, 5) is 41.0. The topological polar surface area (TPSA) is 96.2 Å². The Morgan fingerprint density at radius 2 is 2.00 bits per heavy atom. The van der Waals surface area contributed by atoms with Crippen molar-refractivity contribution < 1.29 is 19.2 Å².